The maximum absolute atomic E-state index is 12.4. The Kier molecular flexibility index (Phi) is 6.05. The average Bonchev–Trinajstić information content (AvgIpc) is 2.62. The topological polar surface area (TPSA) is 55.1 Å². The van der Waals surface area contributed by atoms with Gasteiger partial charge in [0.15, 0.2) is 12.4 Å². The summed E-state index contributed by atoms with van der Waals surface area (Å²) in [6.45, 7) is 0. The van der Waals surface area contributed by atoms with E-state index in [2.05, 4.69) is 10.4 Å². The first-order valence-electron chi connectivity index (χ1n) is 7.77. The number of benzene rings is 1. The summed E-state index contributed by atoms with van der Waals surface area (Å²) in [5.74, 6) is -0.153. The summed E-state index contributed by atoms with van der Waals surface area (Å²) in [7, 11) is 0. The maximum Gasteiger partial charge on any atom is 0.446 e. The lowest BCUT2D eigenvalue weighted by atomic mass is 10.2. The Labute approximate surface area is 167 Å². The van der Waals surface area contributed by atoms with Crippen molar-refractivity contribution < 1.29 is 27.4 Å². The second kappa shape index (κ2) is 8.49. The van der Waals surface area contributed by atoms with Gasteiger partial charge in [0.2, 0.25) is 5.88 Å². The molecular weight excluding hydrogens is 415 g/mol. The molecule has 0 atom stereocenters. The second-order valence-electron chi connectivity index (χ2n) is 5.36. The number of hydrogen-bond donors (Lipinski definition) is 1. The number of aromatic nitrogens is 2. The molecule has 3 rings (SSSR count). The SMILES string of the molecule is O=C(N[n+]1ccccc1)c1cc(Cl)nc(Oc2ccc(SC(F)(F)F)cc2)c1. The molecule has 0 bridgehead atoms. The monoisotopic (exact) mass is 426 g/mol. The molecule has 3 aromatic rings. The molecule has 0 radical (unpaired) electrons. The summed E-state index contributed by atoms with van der Waals surface area (Å²) in [6.07, 6.45) is 3.30. The molecule has 0 spiro atoms. The first kappa shape index (κ1) is 20.0. The van der Waals surface area contributed by atoms with E-state index in [0.29, 0.717) is 0 Å². The Morgan fingerprint density at radius 2 is 1.79 bits per heavy atom. The van der Waals surface area contributed by atoms with Gasteiger partial charge in [-0.25, -0.2) is 4.98 Å². The van der Waals surface area contributed by atoms with Gasteiger partial charge in [-0.2, -0.15) is 13.2 Å². The predicted octanol–water partition coefficient (Wildman–Crippen LogP) is 4.81. The van der Waals surface area contributed by atoms with E-state index < -0.39 is 11.4 Å². The van der Waals surface area contributed by atoms with Crippen LogP contribution in [0.4, 0.5) is 13.2 Å². The van der Waals surface area contributed by atoms with Crippen molar-refractivity contribution in [3.8, 4) is 11.6 Å². The zero-order chi connectivity index (χ0) is 20.1. The molecule has 144 valence electrons. The van der Waals surface area contributed by atoms with Crippen LogP contribution >= 0.6 is 23.4 Å². The zero-order valence-corrected chi connectivity index (χ0v) is 15.6. The molecule has 0 saturated carbocycles. The summed E-state index contributed by atoms with van der Waals surface area (Å²) < 4.78 is 44.1. The Hall–Kier alpha value is -2.78. The summed E-state index contributed by atoms with van der Waals surface area (Å²) in [5, 5.41) is 0.0324. The third kappa shape index (κ3) is 5.86. The molecule has 0 fully saturated rings. The fraction of sp³-hybridized carbons (Fsp3) is 0.0556. The first-order valence-corrected chi connectivity index (χ1v) is 8.97. The average molecular weight is 427 g/mol. The van der Waals surface area contributed by atoms with E-state index in [0.717, 1.165) is 0 Å². The number of alkyl halides is 3. The van der Waals surface area contributed by atoms with E-state index in [4.69, 9.17) is 16.3 Å². The van der Waals surface area contributed by atoms with Crippen molar-refractivity contribution in [3.63, 3.8) is 0 Å². The van der Waals surface area contributed by atoms with Crippen molar-refractivity contribution in [2.24, 2.45) is 0 Å². The van der Waals surface area contributed by atoms with Gasteiger partial charge in [0.1, 0.15) is 10.9 Å². The van der Waals surface area contributed by atoms with Gasteiger partial charge in [0.25, 0.3) is 0 Å². The molecule has 0 aliphatic rings. The number of hydrogen-bond acceptors (Lipinski definition) is 4. The van der Waals surface area contributed by atoms with Crippen molar-refractivity contribution >= 4 is 29.3 Å². The number of rotatable bonds is 5. The van der Waals surface area contributed by atoms with Crippen LogP contribution in [0.3, 0.4) is 0 Å². The molecular formula is C18H12ClF3N3O2S+. The van der Waals surface area contributed by atoms with Crippen molar-refractivity contribution in [1.29, 1.82) is 0 Å². The van der Waals surface area contributed by atoms with Crippen LogP contribution in [-0.2, 0) is 0 Å². The highest BCUT2D eigenvalue weighted by Crippen LogP contribution is 2.37. The van der Waals surface area contributed by atoms with Crippen molar-refractivity contribution in [2.45, 2.75) is 10.4 Å². The second-order valence-corrected chi connectivity index (χ2v) is 6.89. The molecule has 2 heterocycles. The van der Waals surface area contributed by atoms with Crippen LogP contribution in [0.5, 0.6) is 11.6 Å². The molecule has 0 unspecified atom stereocenters. The van der Waals surface area contributed by atoms with E-state index in [1.54, 1.807) is 30.6 Å². The third-order valence-electron chi connectivity index (χ3n) is 3.26. The summed E-state index contributed by atoms with van der Waals surface area (Å²) in [4.78, 5) is 16.4. The van der Waals surface area contributed by atoms with Gasteiger partial charge in [-0.05, 0) is 42.1 Å². The summed E-state index contributed by atoms with van der Waals surface area (Å²) in [6, 6.07) is 13.3. The minimum Gasteiger partial charge on any atom is -0.439 e. The van der Waals surface area contributed by atoms with Crippen LogP contribution in [0.25, 0.3) is 0 Å². The highest BCUT2D eigenvalue weighted by Gasteiger charge is 2.29. The van der Waals surface area contributed by atoms with E-state index in [9.17, 15) is 18.0 Å². The smallest absolute Gasteiger partial charge is 0.439 e. The van der Waals surface area contributed by atoms with Crippen LogP contribution in [0.1, 0.15) is 10.4 Å². The van der Waals surface area contributed by atoms with Gasteiger partial charge in [0.05, 0.1) is 5.56 Å². The quantitative estimate of drug-likeness (QED) is 0.361. The Morgan fingerprint density at radius 1 is 1.11 bits per heavy atom. The van der Waals surface area contributed by atoms with Crippen molar-refractivity contribution in [2.75, 3.05) is 5.43 Å². The van der Waals surface area contributed by atoms with Gasteiger partial charge in [-0.3, -0.25) is 4.79 Å². The number of nitrogens with one attached hydrogen (secondary N) is 1. The highest BCUT2D eigenvalue weighted by molar-refractivity contribution is 8.00. The highest BCUT2D eigenvalue weighted by atomic mass is 35.5. The van der Waals surface area contributed by atoms with Crippen LogP contribution in [0.15, 0.2) is 71.9 Å². The first-order chi connectivity index (χ1) is 13.3. The number of amides is 1. The van der Waals surface area contributed by atoms with Gasteiger partial charge in [0, 0.05) is 23.1 Å². The zero-order valence-electron chi connectivity index (χ0n) is 14.0. The lowest BCUT2D eigenvalue weighted by molar-refractivity contribution is -0.641. The van der Waals surface area contributed by atoms with Gasteiger partial charge < -0.3 is 4.74 Å². The summed E-state index contributed by atoms with van der Waals surface area (Å²) >= 11 is 5.73. The minimum absolute atomic E-state index is 0.0267. The Morgan fingerprint density at radius 3 is 2.43 bits per heavy atom. The van der Waals surface area contributed by atoms with E-state index in [1.165, 1.54) is 41.1 Å². The molecule has 1 N–H and O–H groups in total. The normalized spacial score (nSPS) is 11.1. The van der Waals surface area contributed by atoms with Crippen molar-refractivity contribution in [1.82, 2.24) is 4.98 Å². The van der Waals surface area contributed by atoms with E-state index in [-0.39, 0.29) is 39.0 Å². The molecule has 1 aromatic carbocycles. The van der Waals surface area contributed by atoms with Crippen LogP contribution in [-0.4, -0.2) is 16.4 Å². The maximum atomic E-state index is 12.4. The molecule has 5 nitrogen and oxygen atoms in total. The van der Waals surface area contributed by atoms with Gasteiger partial charge in [-0.1, -0.05) is 22.3 Å². The lowest BCUT2D eigenvalue weighted by Crippen LogP contribution is -2.47. The fourth-order valence-electron chi connectivity index (χ4n) is 2.14. The number of thioether (sulfide) groups is 1. The van der Waals surface area contributed by atoms with Crippen LogP contribution in [0, 0.1) is 0 Å². The number of nitrogens with zero attached hydrogens (tertiary/aromatic N) is 2. The molecule has 0 saturated heterocycles. The molecule has 2 aromatic heterocycles. The third-order valence-corrected chi connectivity index (χ3v) is 4.19. The van der Waals surface area contributed by atoms with Crippen LogP contribution < -0.4 is 14.8 Å². The van der Waals surface area contributed by atoms with E-state index in [1.807, 2.05) is 0 Å². The molecule has 0 aliphatic heterocycles. The van der Waals surface area contributed by atoms with E-state index >= 15 is 0 Å². The Balaban J connectivity index is 1.73. The standard InChI is InChI=1S/C18H11ClF3N3O2S/c19-15-10-12(17(26)24-25-8-2-1-3-9-25)11-16(23-15)27-13-4-6-14(7-5-13)28-18(20,21)22/h1-11H/p+1. The van der Waals surface area contributed by atoms with Crippen LogP contribution in [0.2, 0.25) is 5.15 Å². The number of carbonyl (C=O) groups is 1. The Bertz CT molecular complexity index is 970. The predicted molar refractivity (Wildman–Crippen MR) is 98.0 cm³/mol. The minimum atomic E-state index is -4.37. The molecule has 28 heavy (non-hydrogen) atoms. The largest absolute Gasteiger partial charge is 0.446 e. The number of halogens is 4. The number of ether oxygens (including phenoxy) is 1. The number of carbonyl (C=O) groups excluding carboxylic acids is 1. The lowest BCUT2D eigenvalue weighted by Gasteiger charge is -2.09. The molecule has 1 amide bonds. The molecule has 10 heteroatoms. The number of pyridine rings is 2. The van der Waals surface area contributed by atoms with Gasteiger partial charge in [-0.15, -0.1) is 5.43 Å². The van der Waals surface area contributed by atoms with Crippen molar-refractivity contribution in [3.05, 3.63) is 77.7 Å². The van der Waals surface area contributed by atoms with Gasteiger partial charge >= 0.3 is 11.4 Å². The summed E-state index contributed by atoms with van der Waals surface area (Å²) in [5.41, 5.74) is -1.53. The molecule has 0 aliphatic carbocycles. The fourth-order valence-corrected chi connectivity index (χ4v) is 2.88.